The molecule has 1 heterocycles. The van der Waals surface area contributed by atoms with E-state index in [1.165, 1.54) is 11.3 Å². The van der Waals surface area contributed by atoms with E-state index in [1.54, 1.807) is 5.38 Å². The maximum Gasteiger partial charge on any atom is 0.141 e. The van der Waals surface area contributed by atoms with E-state index in [9.17, 15) is 4.39 Å². The average Bonchev–Trinajstić information content (AvgIpc) is 2.47. The number of hydrogen-bond acceptors (Lipinski definition) is 1. The third-order valence-electron chi connectivity index (χ3n) is 1.74. The molecule has 0 nitrogen and oxygen atoms in total. The van der Waals surface area contributed by atoms with Crippen molar-refractivity contribution in [3.8, 4) is 0 Å². The first-order valence-corrected chi connectivity index (χ1v) is 5.53. The Kier molecular flexibility index (Phi) is 2.15. The lowest BCUT2D eigenvalue weighted by Crippen LogP contribution is -1.76. The molecule has 1 aromatic carbocycles. The van der Waals surface area contributed by atoms with Crippen LogP contribution in [0.25, 0.3) is 10.1 Å². The summed E-state index contributed by atoms with van der Waals surface area (Å²) in [6, 6.07) is 5.85. The molecule has 0 saturated heterocycles. The fraction of sp³-hybridized carbons (Fsp3) is 0.111. The molecule has 2 aromatic rings. The minimum absolute atomic E-state index is 0.113. The zero-order chi connectivity index (χ0) is 8.55. The predicted molar refractivity (Wildman–Crippen MR) is 54.4 cm³/mol. The third kappa shape index (κ3) is 1.27. The summed E-state index contributed by atoms with van der Waals surface area (Å²) in [6.45, 7) is 0. The van der Waals surface area contributed by atoms with Crippen molar-refractivity contribution in [1.82, 2.24) is 0 Å². The van der Waals surface area contributed by atoms with Crippen molar-refractivity contribution in [3.63, 3.8) is 0 Å². The lowest BCUT2D eigenvalue weighted by atomic mass is 10.2. The largest absolute Gasteiger partial charge is 0.205 e. The summed E-state index contributed by atoms with van der Waals surface area (Å²) < 4.78 is 14.1. The van der Waals surface area contributed by atoms with E-state index in [1.807, 2.05) is 18.2 Å². The number of halogens is 2. The summed E-state index contributed by atoms with van der Waals surface area (Å²) in [5.41, 5.74) is 1.11. The molecular formula is C9H6BrFS. The van der Waals surface area contributed by atoms with Gasteiger partial charge in [0.05, 0.1) is 0 Å². The fourth-order valence-electron chi connectivity index (χ4n) is 1.13. The Bertz CT molecular complexity index is 408. The minimum Gasteiger partial charge on any atom is -0.205 e. The molecule has 0 spiro atoms. The van der Waals surface area contributed by atoms with Gasteiger partial charge in [-0.25, -0.2) is 4.39 Å². The number of thiophene rings is 1. The summed E-state index contributed by atoms with van der Waals surface area (Å²) in [4.78, 5) is 0. The second-order valence-electron chi connectivity index (χ2n) is 2.55. The van der Waals surface area contributed by atoms with Gasteiger partial charge in [-0.3, -0.25) is 0 Å². The van der Waals surface area contributed by atoms with E-state index in [4.69, 9.17) is 0 Å². The van der Waals surface area contributed by atoms with Gasteiger partial charge in [-0.05, 0) is 17.7 Å². The Balaban J connectivity index is 2.71. The van der Waals surface area contributed by atoms with Crippen LogP contribution in [0.3, 0.4) is 0 Å². The normalized spacial score (nSPS) is 10.8. The second-order valence-corrected chi connectivity index (χ2v) is 4.02. The molecule has 0 atom stereocenters. The number of benzene rings is 1. The van der Waals surface area contributed by atoms with Crippen LogP contribution in [0.5, 0.6) is 0 Å². The zero-order valence-electron chi connectivity index (χ0n) is 6.18. The van der Waals surface area contributed by atoms with Crippen molar-refractivity contribution in [3.05, 3.63) is 35.0 Å². The molecule has 12 heavy (non-hydrogen) atoms. The highest BCUT2D eigenvalue weighted by molar-refractivity contribution is 9.08. The lowest BCUT2D eigenvalue weighted by molar-refractivity contribution is 0.644. The van der Waals surface area contributed by atoms with Gasteiger partial charge in [0.2, 0.25) is 0 Å². The highest BCUT2D eigenvalue weighted by Gasteiger charge is 2.02. The van der Waals surface area contributed by atoms with Crippen LogP contribution in [0.4, 0.5) is 4.39 Å². The Morgan fingerprint density at radius 3 is 3.00 bits per heavy atom. The van der Waals surface area contributed by atoms with Crippen LogP contribution in [0.15, 0.2) is 23.6 Å². The Morgan fingerprint density at radius 2 is 2.25 bits per heavy atom. The van der Waals surface area contributed by atoms with Crippen LogP contribution in [0.2, 0.25) is 0 Å². The molecule has 0 unspecified atom stereocenters. The number of rotatable bonds is 1. The second kappa shape index (κ2) is 3.15. The van der Waals surface area contributed by atoms with Crippen molar-refractivity contribution in [2.75, 3.05) is 0 Å². The van der Waals surface area contributed by atoms with E-state index >= 15 is 0 Å². The van der Waals surface area contributed by atoms with Crippen LogP contribution in [-0.2, 0) is 5.33 Å². The number of fused-ring (bicyclic) bond motifs is 1. The Morgan fingerprint density at radius 1 is 1.42 bits per heavy atom. The summed E-state index contributed by atoms with van der Waals surface area (Å²) in [7, 11) is 0. The summed E-state index contributed by atoms with van der Waals surface area (Å²) in [6.07, 6.45) is 0. The first-order chi connectivity index (χ1) is 5.81. The van der Waals surface area contributed by atoms with Crippen LogP contribution in [0, 0.1) is 5.82 Å². The topological polar surface area (TPSA) is 0 Å². The predicted octanol–water partition coefficient (Wildman–Crippen LogP) is 3.94. The first kappa shape index (κ1) is 8.20. The molecule has 3 heteroatoms. The van der Waals surface area contributed by atoms with Crippen LogP contribution >= 0.6 is 27.3 Å². The highest BCUT2D eigenvalue weighted by atomic mass is 79.9. The standard InChI is InChI=1S/C9H6BrFS/c10-4-6-1-2-9-7(3-6)8(11)5-12-9/h1-3,5H,4H2. The van der Waals surface area contributed by atoms with Gasteiger partial charge in [0.1, 0.15) is 5.82 Å². The first-order valence-electron chi connectivity index (χ1n) is 3.53. The molecule has 0 saturated carbocycles. The lowest BCUT2D eigenvalue weighted by Gasteiger charge is -1.94. The van der Waals surface area contributed by atoms with E-state index in [-0.39, 0.29) is 5.82 Å². The van der Waals surface area contributed by atoms with Crippen molar-refractivity contribution in [2.45, 2.75) is 5.33 Å². The van der Waals surface area contributed by atoms with Gasteiger partial charge in [0, 0.05) is 20.8 Å². The average molecular weight is 245 g/mol. The van der Waals surface area contributed by atoms with E-state index in [0.717, 1.165) is 21.0 Å². The summed E-state index contributed by atoms with van der Waals surface area (Å²) in [5, 5.41) is 3.05. The van der Waals surface area contributed by atoms with E-state index in [0.29, 0.717) is 0 Å². The smallest absolute Gasteiger partial charge is 0.141 e. The molecule has 62 valence electrons. The molecule has 0 radical (unpaired) electrons. The highest BCUT2D eigenvalue weighted by Crippen LogP contribution is 2.26. The van der Waals surface area contributed by atoms with Crippen molar-refractivity contribution in [2.24, 2.45) is 0 Å². The van der Waals surface area contributed by atoms with Crippen molar-refractivity contribution >= 4 is 37.4 Å². The maximum absolute atomic E-state index is 13.1. The molecular weight excluding hydrogens is 239 g/mol. The van der Waals surface area contributed by atoms with Gasteiger partial charge in [0.25, 0.3) is 0 Å². The quantitative estimate of drug-likeness (QED) is 0.667. The molecule has 1 aromatic heterocycles. The number of hydrogen-bond donors (Lipinski definition) is 0. The molecule has 0 bridgehead atoms. The summed E-state index contributed by atoms with van der Waals surface area (Å²) in [5.74, 6) is -0.113. The SMILES string of the molecule is Fc1csc2ccc(CBr)cc12. The summed E-state index contributed by atoms with van der Waals surface area (Å²) >= 11 is 4.78. The van der Waals surface area contributed by atoms with Gasteiger partial charge in [0.15, 0.2) is 0 Å². The molecule has 0 N–H and O–H groups in total. The van der Waals surface area contributed by atoms with Gasteiger partial charge in [-0.15, -0.1) is 11.3 Å². The van der Waals surface area contributed by atoms with E-state index in [2.05, 4.69) is 15.9 Å². The van der Waals surface area contributed by atoms with E-state index < -0.39 is 0 Å². The van der Waals surface area contributed by atoms with Gasteiger partial charge in [-0.2, -0.15) is 0 Å². The Hall–Kier alpha value is -0.410. The fourth-order valence-corrected chi connectivity index (χ4v) is 2.26. The molecule has 2 rings (SSSR count). The van der Waals surface area contributed by atoms with Crippen LogP contribution < -0.4 is 0 Å². The zero-order valence-corrected chi connectivity index (χ0v) is 8.58. The molecule has 0 aliphatic heterocycles. The van der Waals surface area contributed by atoms with Crippen LogP contribution in [-0.4, -0.2) is 0 Å². The Labute approximate surface area is 82.2 Å². The molecule has 0 aliphatic carbocycles. The number of alkyl halides is 1. The molecule has 0 aliphatic rings. The van der Waals surface area contributed by atoms with Crippen molar-refractivity contribution < 1.29 is 4.39 Å². The molecule has 0 fully saturated rings. The third-order valence-corrected chi connectivity index (χ3v) is 3.33. The van der Waals surface area contributed by atoms with Gasteiger partial charge in [-0.1, -0.05) is 22.0 Å². The van der Waals surface area contributed by atoms with Gasteiger partial charge < -0.3 is 0 Å². The van der Waals surface area contributed by atoms with Crippen molar-refractivity contribution in [1.29, 1.82) is 0 Å². The molecule has 0 amide bonds. The van der Waals surface area contributed by atoms with Gasteiger partial charge >= 0.3 is 0 Å². The maximum atomic E-state index is 13.1. The minimum atomic E-state index is -0.113. The van der Waals surface area contributed by atoms with Crippen LogP contribution in [0.1, 0.15) is 5.56 Å². The monoisotopic (exact) mass is 244 g/mol.